The molecule has 39 heavy (non-hydrogen) atoms. The number of nitro benzene ring substituents is 1. The van der Waals surface area contributed by atoms with Crippen molar-refractivity contribution in [3.05, 3.63) is 80.4 Å². The quantitative estimate of drug-likeness (QED) is 0.120. The number of pyridine rings is 1. The van der Waals surface area contributed by atoms with Crippen LogP contribution in [0.1, 0.15) is 41.0 Å². The molecule has 4 aromatic rings. The number of halogens is 2. The van der Waals surface area contributed by atoms with Gasteiger partial charge in [-0.05, 0) is 90.1 Å². The van der Waals surface area contributed by atoms with Gasteiger partial charge in [0.1, 0.15) is 32.8 Å². The molecule has 9 nitrogen and oxygen atoms in total. The minimum Gasteiger partial charge on any atom is -0.379 e. The van der Waals surface area contributed by atoms with Gasteiger partial charge in [0.2, 0.25) is 0 Å². The minimum absolute atomic E-state index is 0.0467. The molecule has 1 N–H and O–H groups in total. The zero-order valence-electron chi connectivity index (χ0n) is 22.0. The molecule has 12 heteroatoms. The fraction of sp³-hybridized carbons (Fsp3) is 0.296. The number of hydrogen-bond acceptors (Lipinski definition) is 7. The summed E-state index contributed by atoms with van der Waals surface area (Å²) in [7, 11) is -4.34. The van der Waals surface area contributed by atoms with Gasteiger partial charge >= 0.3 is 10.1 Å². The van der Waals surface area contributed by atoms with Crippen LogP contribution in [0.15, 0.2) is 70.2 Å². The Morgan fingerprint density at radius 3 is 2.36 bits per heavy atom. The molecule has 0 atom stereocenters. The number of rotatable bonds is 8. The molecule has 4 rings (SSSR count). The molecule has 2 aromatic heterocycles. The number of nitrogens with zero attached hydrogens (tertiary/aromatic N) is 3. The van der Waals surface area contributed by atoms with Gasteiger partial charge in [0.05, 0.1) is 4.92 Å². The predicted octanol–water partition coefficient (Wildman–Crippen LogP) is 7.72. The number of benzene rings is 2. The van der Waals surface area contributed by atoms with Gasteiger partial charge in [0.25, 0.3) is 5.69 Å². The average Bonchev–Trinajstić information content (AvgIpc) is 3.14. The monoisotopic (exact) mass is 634 g/mol. The van der Waals surface area contributed by atoms with Crippen molar-refractivity contribution in [3.63, 3.8) is 0 Å². The first kappa shape index (κ1) is 28.8. The lowest BCUT2D eigenvalue weighted by Crippen LogP contribution is -2.36. The van der Waals surface area contributed by atoms with Crippen LogP contribution in [0.4, 0.5) is 11.5 Å². The van der Waals surface area contributed by atoms with Crippen LogP contribution in [0, 0.1) is 15.5 Å². The largest absolute Gasteiger partial charge is 0.379 e. The van der Waals surface area contributed by atoms with E-state index < -0.39 is 20.7 Å². The second-order valence-electron chi connectivity index (χ2n) is 11.1. The van der Waals surface area contributed by atoms with E-state index in [0.29, 0.717) is 5.69 Å². The summed E-state index contributed by atoms with van der Waals surface area (Å²) in [6, 6.07) is 13.5. The topological polar surface area (TPSA) is 116 Å². The highest BCUT2D eigenvalue weighted by molar-refractivity contribution is 9.10. The van der Waals surface area contributed by atoms with E-state index in [1.807, 2.05) is 22.7 Å². The molecule has 0 unspecified atom stereocenters. The van der Waals surface area contributed by atoms with Gasteiger partial charge in [0, 0.05) is 27.8 Å². The highest BCUT2D eigenvalue weighted by Crippen LogP contribution is 2.36. The maximum absolute atomic E-state index is 12.8. The highest BCUT2D eigenvalue weighted by Gasteiger charge is 2.28. The van der Waals surface area contributed by atoms with Gasteiger partial charge in [-0.1, -0.05) is 32.4 Å². The standard InChI is InChI=1S/C27H28BrClN4O5S/c1-26(2,3)16-27(4,5)31-25-24(30-23-13-8-18(28)15-32(23)25)17-6-9-19(10-7-17)38-39(36,37)20-11-12-21(29)22(14-20)33(34)35/h6-15,31H,16H2,1-5H3. The van der Waals surface area contributed by atoms with Crippen LogP contribution >= 0.6 is 27.5 Å². The molecular weight excluding hydrogens is 608 g/mol. The van der Waals surface area contributed by atoms with Crippen molar-refractivity contribution in [2.24, 2.45) is 5.41 Å². The number of nitrogens with one attached hydrogen (secondary N) is 1. The van der Waals surface area contributed by atoms with E-state index >= 15 is 0 Å². The Kier molecular flexibility index (Phi) is 7.72. The number of imidazole rings is 1. The van der Waals surface area contributed by atoms with E-state index in [9.17, 15) is 18.5 Å². The Hall–Kier alpha value is -3.15. The SMILES string of the molecule is CC(C)(C)CC(C)(C)Nc1c(-c2ccc(OS(=O)(=O)c3ccc(Cl)c([N+](=O)[O-])c3)cc2)nc2ccc(Br)cn12. The Balaban J connectivity index is 1.68. The van der Waals surface area contributed by atoms with Crippen molar-refractivity contribution in [3.8, 4) is 17.0 Å². The molecule has 206 valence electrons. The Labute approximate surface area is 240 Å². The van der Waals surface area contributed by atoms with Crippen LogP contribution in [0.5, 0.6) is 5.75 Å². The van der Waals surface area contributed by atoms with E-state index in [4.69, 9.17) is 20.8 Å². The third-order valence-electron chi connectivity index (χ3n) is 5.75. The third kappa shape index (κ3) is 6.71. The highest BCUT2D eigenvalue weighted by atomic mass is 79.9. The van der Waals surface area contributed by atoms with E-state index in [0.717, 1.165) is 46.1 Å². The molecule has 0 aliphatic carbocycles. The molecule has 0 bridgehead atoms. The molecule has 0 saturated carbocycles. The smallest absolute Gasteiger partial charge is 0.339 e. The minimum atomic E-state index is -4.34. The van der Waals surface area contributed by atoms with Gasteiger partial charge in [-0.15, -0.1) is 0 Å². The summed E-state index contributed by atoms with van der Waals surface area (Å²) in [6.07, 6.45) is 2.84. The van der Waals surface area contributed by atoms with Crippen LogP contribution in [-0.4, -0.2) is 28.3 Å². The second-order valence-corrected chi connectivity index (χ2v) is 13.9. The second kappa shape index (κ2) is 10.4. The van der Waals surface area contributed by atoms with Crippen molar-refractivity contribution in [1.82, 2.24) is 9.38 Å². The molecule has 0 saturated heterocycles. The maximum Gasteiger partial charge on any atom is 0.339 e. The van der Waals surface area contributed by atoms with Gasteiger partial charge < -0.3 is 9.50 Å². The van der Waals surface area contributed by atoms with Crippen LogP contribution in [0.25, 0.3) is 16.9 Å². The maximum atomic E-state index is 12.8. The van der Waals surface area contributed by atoms with Gasteiger partial charge in [0.15, 0.2) is 0 Å². The predicted molar refractivity (Wildman–Crippen MR) is 156 cm³/mol. The zero-order valence-corrected chi connectivity index (χ0v) is 25.2. The molecular formula is C27H28BrClN4O5S. The number of fused-ring (bicyclic) bond motifs is 1. The van der Waals surface area contributed by atoms with E-state index in [1.54, 1.807) is 12.1 Å². The van der Waals surface area contributed by atoms with Crippen molar-refractivity contribution in [1.29, 1.82) is 0 Å². The van der Waals surface area contributed by atoms with Crippen molar-refractivity contribution < 1.29 is 17.5 Å². The summed E-state index contributed by atoms with van der Waals surface area (Å²) in [5.41, 5.74) is 1.49. The van der Waals surface area contributed by atoms with Gasteiger partial charge in [-0.25, -0.2) is 4.98 Å². The molecule has 0 amide bonds. The molecule has 0 spiro atoms. The van der Waals surface area contributed by atoms with Crippen molar-refractivity contribution >= 4 is 54.8 Å². The lowest BCUT2D eigenvalue weighted by Gasteiger charge is -2.34. The summed E-state index contributed by atoms with van der Waals surface area (Å²) < 4.78 is 33.7. The Bertz CT molecular complexity index is 1660. The summed E-state index contributed by atoms with van der Waals surface area (Å²) in [6.45, 7) is 10.9. The molecule has 0 radical (unpaired) electrons. The molecule has 2 heterocycles. The summed E-state index contributed by atoms with van der Waals surface area (Å²) in [5.74, 6) is 0.848. The molecule has 2 aromatic carbocycles. The molecule has 0 aliphatic heterocycles. The van der Waals surface area contributed by atoms with Crippen LogP contribution in [0.2, 0.25) is 5.02 Å². The van der Waals surface area contributed by atoms with E-state index in [1.165, 1.54) is 12.1 Å². The Morgan fingerprint density at radius 1 is 1.08 bits per heavy atom. The van der Waals surface area contributed by atoms with Crippen molar-refractivity contribution in [2.75, 3.05) is 5.32 Å². The number of hydrogen-bond donors (Lipinski definition) is 1. The summed E-state index contributed by atoms with van der Waals surface area (Å²) >= 11 is 9.35. The van der Waals surface area contributed by atoms with Gasteiger partial charge in [-0.3, -0.25) is 14.5 Å². The average molecular weight is 636 g/mol. The van der Waals surface area contributed by atoms with Gasteiger partial charge in [-0.2, -0.15) is 8.42 Å². The third-order valence-corrected chi connectivity index (χ3v) is 7.78. The Morgan fingerprint density at radius 2 is 1.74 bits per heavy atom. The van der Waals surface area contributed by atoms with E-state index in [2.05, 4.69) is 55.9 Å². The first-order valence-electron chi connectivity index (χ1n) is 12.0. The first-order chi connectivity index (χ1) is 18.0. The van der Waals surface area contributed by atoms with Crippen LogP contribution in [-0.2, 0) is 10.1 Å². The summed E-state index contributed by atoms with van der Waals surface area (Å²) in [5, 5.41) is 14.7. The molecule has 0 aliphatic rings. The lowest BCUT2D eigenvalue weighted by molar-refractivity contribution is -0.384. The van der Waals surface area contributed by atoms with E-state index in [-0.39, 0.29) is 26.6 Å². The normalized spacial score (nSPS) is 12.5. The van der Waals surface area contributed by atoms with Crippen LogP contribution in [0.3, 0.4) is 0 Å². The zero-order chi connectivity index (χ0) is 28.8. The number of anilines is 1. The van der Waals surface area contributed by atoms with Crippen LogP contribution < -0.4 is 9.50 Å². The number of aromatic nitrogens is 2. The lowest BCUT2D eigenvalue weighted by atomic mass is 9.82. The summed E-state index contributed by atoms with van der Waals surface area (Å²) in [4.78, 5) is 14.9. The molecule has 0 fully saturated rings. The van der Waals surface area contributed by atoms with Crippen molar-refractivity contribution in [2.45, 2.75) is 51.5 Å². The fourth-order valence-corrected chi connectivity index (χ4v) is 6.14. The first-order valence-corrected chi connectivity index (χ1v) is 14.6. The number of nitro groups is 1. The fourth-order valence-electron chi connectivity index (χ4n) is 4.66.